The number of nitro groups is 1. The summed E-state index contributed by atoms with van der Waals surface area (Å²) in [5.41, 5.74) is 1.26. The van der Waals surface area contributed by atoms with Crippen LogP contribution in [0.3, 0.4) is 0 Å². The van der Waals surface area contributed by atoms with Gasteiger partial charge >= 0.3 is 0 Å². The molecular weight excluding hydrogens is 446 g/mol. The van der Waals surface area contributed by atoms with Crippen molar-refractivity contribution < 1.29 is 19.3 Å². The standard InChI is InChI=1S/C27H19N3O5/c31-26-23-24(20-14-6-7-15-22(20)30(33)34)29(18-11-2-1-3-12-18)35-25(23)27(32)28(26)21-16-8-10-17-9-4-5-13-19(17)21/h1-16,23-25H/t23-,24-,25-/m1/s1. The number of hydrogen-bond acceptors (Lipinski definition) is 6. The lowest BCUT2D eigenvalue weighted by Gasteiger charge is -2.28. The second-order valence-electron chi connectivity index (χ2n) is 8.48. The highest BCUT2D eigenvalue weighted by Gasteiger charge is 2.61. The maximum Gasteiger partial charge on any atom is 0.274 e. The number of nitro benzene ring substituents is 1. The molecule has 0 unspecified atom stereocenters. The van der Waals surface area contributed by atoms with E-state index in [4.69, 9.17) is 4.84 Å². The number of imide groups is 1. The monoisotopic (exact) mass is 465 g/mol. The van der Waals surface area contributed by atoms with Gasteiger partial charge in [0.15, 0.2) is 6.10 Å². The van der Waals surface area contributed by atoms with Gasteiger partial charge in [-0.3, -0.25) is 24.5 Å². The number of benzene rings is 4. The van der Waals surface area contributed by atoms with Crippen molar-refractivity contribution >= 4 is 39.6 Å². The average Bonchev–Trinajstić information content (AvgIpc) is 3.40. The molecule has 0 aliphatic carbocycles. The van der Waals surface area contributed by atoms with Crippen LogP contribution in [0.4, 0.5) is 17.1 Å². The molecule has 172 valence electrons. The lowest BCUT2D eigenvalue weighted by molar-refractivity contribution is -0.385. The van der Waals surface area contributed by atoms with Crippen LogP contribution in [-0.4, -0.2) is 22.8 Å². The second-order valence-corrected chi connectivity index (χ2v) is 8.48. The van der Waals surface area contributed by atoms with Crippen LogP contribution < -0.4 is 9.96 Å². The van der Waals surface area contributed by atoms with Crippen LogP contribution in [-0.2, 0) is 14.4 Å². The third-order valence-electron chi connectivity index (χ3n) is 6.59. The van der Waals surface area contributed by atoms with Gasteiger partial charge in [-0.15, -0.1) is 0 Å². The Kier molecular flexibility index (Phi) is 4.82. The summed E-state index contributed by atoms with van der Waals surface area (Å²) >= 11 is 0. The molecule has 2 aliphatic heterocycles. The van der Waals surface area contributed by atoms with Gasteiger partial charge in [-0.1, -0.05) is 66.7 Å². The number of rotatable bonds is 4. The lowest BCUT2D eigenvalue weighted by Crippen LogP contribution is -2.37. The molecule has 2 fully saturated rings. The summed E-state index contributed by atoms with van der Waals surface area (Å²) in [6.45, 7) is 0. The number of hydrogen-bond donors (Lipinski definition) is 0. The minimum Gasteiger partial charge on any atom is -0.273 e. The second kappa shape index (κ2) is 8.03. The molecule has 0 aromatic heterocycles. The minimum atomic E-state index is -1.11. The maximum absolute atomic E-state index is 13.9. The molecule has 2 amide bonds. The average molecular weight is 465 g/mol. The fourth-order valence-electron chi connectivity index (χ4n) is 5.07. The molecule has 0 bridgehead atoms. The number of hydroxylamine groups is 1. The number of carbonyl (C=O) groups is 2. The van der Waals surface area contributed by atoms with E-state index in [1.807, 2.05) is 36.4 Å². The van der Waals surface area contributed by atoms with Crippen molar-refractivity contribution in [2.24, 2.45) is 5.92 Å². The molecule has 2 heterocycles. The minimum absolute atomic E-state index is 0.133. The molecule has 2 aliphatic rings. The van der Waals surface area contributed by atoms with Gasteiger partial charge in [0.2, 0.25) is 5.91 Å². The highest BCUT2D eigenvalue weighted by atomic mass is 16.7. The number of carbonyl (C=O) groups excluding carboxylic acids is 2. The summed E-state index contributed by atoms with van der Waals surface area (Å²) in [4.78, 5) is 46.2. The molecular formula is C27H19N3O5. The van der Waals surface area contributed by atoms with E-state index in [9.17, 15) is 19.7 Å². The Morgan fingerprint density at radius 1 is 0.771 bits per heavy atom. The smallest absolute Gasteiger partial charge is 0.273 e. The SMILES string of the molecule is O=C1[C@@H]2[C@@H](c3ccccc3[N+](=O)[O-])N(c3ccccc3)O[C@H]2C(=O)N1c1cccc2ccccc12. The first-order valence-corrected chi connectivity index (χ1v) is 11.2. The fourth-order valence-corrected chi connectivity index (χ4v) is 5.07. The van der Waals surface area contributed by atoms with Gasteiger partial charge in [-0.2, -0.15) is 0 Å². The first kappa shape index (κ1) is 21.0. The van der Waals surface area contributed by atoms with Crippen LogP contribution >= 0.6 is 0 Å². The maximum atomic E-state index is 13.9. The highest BCUT2D eigenvalue weighted by molar-refractivity contribution is 6.26. The highest BCUT2D eigenvalue weighted by Crippen LogP contribution is 2.49. The van der Waals surface area contributed by atoms with E-state index in [0.717, 1.165) is 10.8 Å². The Labute approximate surface area is 200 Å². The molecule has 6 rings (SSSR count). The summed E-state index contributed by atoms with van der Waals surface area (Å²) < 4.78 is 0. The Morgan fingerprint density at radius 2 is 1.46 bits per heavy atom. The molecule has 4 aromatic rings. The third kappa shape index (κ3) is 3.18. The fraction of sp³-hybridized carbons (Fsp3) is 0.111. The number of anilines is 2. The van der Waals surface area contributed by atoms with E-state index in [2.05, 4.69) is 0 Å². The number of nitrogens with zero attached hydrogens (tertiary/aromatic N) is 3. The predicted octanol–water partition coefficient (Wildman–Crippen LogP) is 4.80. The lowest BCUT2D eigenvalue weighted by atomic mass is 9.89. The van der Waals surface area contributed by atoms with Crippen molar-refractivity contribution in [2.75, 3.05) is 9.96 Å². The predicted molar refractivity (Wildman–Crippen MR) is 130 cm³/mol. The van der Waals surface area contributed by atoms with E-state index in [0.29, 0.717) is 16.9 Å². The number of para-hydroxylation sites is 2. The van der Waals surface area contributed by atoms with Gasteiger partial charge < -0.3 is 0 Å². The Hall–Kier alpha value is -4.56. The zero-order valence-corrected chi connectivity index (χ0v) is 18.4. The molecule has 0 saturated carbocycles. The topological polar surface area (TPSA) is 93.0 Å². The van der Waals surface area contributed by atoms with Crippen LogP contribution in [0.2, 0.25) is 0 Å². The van der Waals surface area contributed by atoms with E-state index < -0.39 is 34.8 Å². The van der Waals surface area contributed by atoms with Gasteiger partial charge in [0.1, 0.15) is 12.0 Å². The quantitative estimate of drug-likeness (QED) is 0.244. The van der Waals surface area contributed by atoms with Crippen LogP contribution in [0.5, 0.6) is 0 Å². The molecule has 0 N–H and O–H groups in total. The zero-order valence-electron chi connectivity index (χ0n) is 18.4. The van der Waals surface area contributed by atoms with Crippen molar-refractivity contribution in [3.63, 3.8) is 0 Å². The van der Waals surface area contributed by atoms with E-state index in [-0.39, 0.29) is 5.69 Å². The first-order valence-electron chi connectivity index (χ1n) is 11.2. The number of fused-ring (bicyclic) bond motifs is 2. The van der Waals surface area contributed by atoms with Crippen LogP contribution in [0.15, 0.2) is 97.1 Å². The molecule has 3 atom stereocenters. The summed E-state index contributed by atoms with van der Waals surface area (Å²) in [5.74, 6) is -1.89. The molecule has 4 aromatic carbocycles. The van der Waals surface area contributed by atoms with Crippen molar-refractivity contribution in [3.05, 3.63) is 113 Å². The summed E-state index contributed by atoms with van der Waals surface area (Å²) in [6.07, 6.45) is -1.11. The molecule has 0 radical (unpaired) electrons. The normalized spacial score (nSPS) is 21.5. The zero-order chi connectivity index (χ0) is 24.1. The Bertz CT molecular complexity index is 1480. The van der Waals surface area contributed by atoms with Crippen molar-refractivity contribution in [2.45, 2.75) is 12.1 Å². The van der Waals surface area contributed by atoms with Gasteiger partial charge in [0.25, 0.3) is 11.6 Å². The van der Waals surface area contributed by atoms with Crippen LogP contribution in [0, 0.1) is 16.0 Å². The van der Waals surface area contributed by atoms with Crippen LogP contribution in [0.1, 0.15) is 11.6 Å². The third-order valence-corrected chi connectivity index (χ3v) is 6.59. The first-order chi connectivity index (χ1) is 17.1. The van der Waals surface area contributed by atoms with E-state index in [1.54, 1.807) is 54.6 Å². The van der Waals surface area contributed by atoms with Crippen LogP contribution in [0.25, 0.3) is 10.8 Å². The molecule has 8 nitrogen and oxygen atoms in total. The van der Waals surface area contributed by atoms with E-state index >= 15 is 0 Å². The molecule has 0 spiro atoms. The Morgan fingerprint density at radius 3 is 2.26 bits per heavy atom. The summed E-state index contributed by atoms with van der Waals surface area (Å²) in [6, 6.07) is 27.3. The van der Waals surface area contributed by atoms with E-state index in [1.165, 1.54) is 16.0 Å². The van der Waals surface area contributed by atoms with Crippen molar-refractivity contribution in [3.8, 4) is 0 Å². The van der Waals surface area contributed by atoms with Crippen molar-refractivity contribution in [1.29, 1.82) is 0 Å². The Balaban J connectivity index is 1.50. The van der Waals surface area contributed by atoms with Gasteiger partial charge in [-0.25, -0.2) is 9.96 Å². The van der Waals surface area contributed by atoms with Gasteiger partial charge in [-0.05, 0) is 29.7 Å². The molecule has 35 heavy (non-hydrogen) atoms. The largest absolute Gasteiger partial charge is 0.274 e. The molecule has 8 heteroatoms. The van der Waals surface area contributed by atoms with Crippen molar-refractivity contribution in [1.82, 2.24) is 0 Å². The van der Waals surface area contributed by atoms with Gasteiger partial charge in [0.05, 0.1) is 21.9 Å². The van der Waals surface area contributed by atoms with Gasteiger partial charge in [0, 0.05) is 11.5 Å². The molecule has 2 saturated heterocycles. The summed E-state index contributed by atoms with van der Waals surface area (Å²) in [5, 5.41) is 15.0. The number of amides is 2. The summed E-state index contributed by atoms with van der Waals surface area (Å²) in [7, 11) is 0.